The second kappa shape index (κ2) is 8.68. The minimum absolute atomic E-state index is 0.0247. The van der Waals surface area contributed by atoms with E-state index in [4.69, 9.17) is 4.74 Å². The predicted molar refractivity (Wildman–Crippen MR) is 123 cm³/mol. The number of thiophene rings is 1. The van der Waals surface area contributed by atoms with Crippen molar-refractivity contribution in [3.05, 3.63) is 74.1 Å². The molecule has 164 valence electrons. The highest BCUT2D eigenvalue weighted by atomic mass is 32.1. The van der Waals surface area contributed by atoms with Gasteiger partial charge in [-0.25, -0.2) is 4.98 Å². The molecular formula is C23H20N2O5S2. The Balaban J connectivity index is 1.89. The first kappa shape index (κ1) is 21.9. The maximum Gasteiger partial charge on any atom is 0.296 e. The molecule has 0 saturated carbocycles. The summed E-state index contributed by atoms with van der Waals surface area (Å²) < 4.78 is 5.60. The molecule has 0 radical (unpaired) electrons. The fourth-order valence-electron chi connectivity index (χ4n) is 3.64. The van der Waals surface area contributed by atoms with Crippen molar-refractivity contribution in [2.24, 2.45) is 0 Å². The summed E-state index contributed by atoms with van der Waals surface area (Å²) in [5.74, 6) is -1.38. The Morgan fingerprint density at radius 1 is 1.25 bits per heavy atom. The van der Waals surface area contributed by atoms with Gasteiger partial charge in [-0.3, -0.25) is 19.3 Å². The van der Waals surface area contributed by atoms with E-state index < -0.39 is 23.5 Å². The molecule has 1 aromatic carbocycles. The average Bonchev–Trinajstić information content (AvgIpc) is 3.48. The van der Waals surface area contributed by atoms with Crippen LogP contribution in [-0.4, -0.2) is 34.2 Å². The lowest BCUT2D eigenvalue weighted by Crippen LogP contribution is -2.31. The number of hydrogen-bond acceptors (Lipinski definition) is 8. The molecule has 0 bridgehead atoms. The molecular weight excluding hydrogens is 448 g/mol. The van der Waals surface area contributed by atoms with Crippen LogP contribution in [0.5, 0.6) is 5.75 Å². The monoisotopic (exact) mass is 468 g/mol. The Labute approximate surface area is 192 Å². The van der Waals surface area contributed by atoms with Gasteiger partial charge in [-0.15, -0.1) is 11.3 Å². The number of aryl methyl sites for hydroxylation is 1. The predicted octanol–water partition coefficient (Wildman–Crippen LogP) is 4.90. The number of aromatic nitrogens is 1. The summed E-state index contributed by atoms with van der Waals surface area (Å²) in [4.78, 5) is 45.0. The first-order valence-corrected chi connectivity index (χ1v) is 11.6. The lowest BCUT2D eigenvalue weighted by molar-refractivity contribution is -0.117. The number of nitrogens with zero attached hydrogens (tertiary/aromatic N) is 2. The van der Waals surface area contributed by atoms with Gasteiger partial charge in [0.2, 0.25) is 5.78 Å². The fraction of sp³-hybridized carbons (Fsp3) is 0.217. The van der Waals surface area contributed by atoms with Gasteiger partial charge < -0.3 is 9.84 Å². The molecule has 0 spiro atoms. The zero-order chi connectivity index (χ0) is 23.0. The number of thiazole rings is 1. The number of aliphatic hydroxyl groups is 1. The molecule has 1 atom stereocenters. The smallest absolute Gasteiger partial charge is 0.296 e. The van der Waals surface area contributed by atoms with E-state index in [1.165, 1.54) is 23.2 Å². The number of carbonyl (C=O) groups is 3. The number of benzene rings is 1. The normalized spacial score (nSPS) is 16.0. The molecule has 0 saturated heterocycles. The second-order valence-corrected chi connectivity index (χ2v) is 9.04. The lowest BCUT2D eigenvalue weighted by atomic mass is 9.95. The van der Waals surface area contributed by atoms with Gasteiger partial charge in [-0.05, 0) is 43.0 Å². The van der Waals surface area contributed by atoms with Crippen LogP contribution in [0.1, 0.15) is 50.5 Å². The molecule has 0 fully saturated rings. The van der Waals surface area contributed by atoms with Crippen molar-refractivity contribution in [1.82, 2.24) is 4.98 Å². The third-order valence-electron chi connectivity index (χ3n) is 4.99. The highest BCUT2D eigenvalue weighted by molar-refractivity contribution is 7.17. The lowest BCUT2D eigenvalue weighted by Gasteiger charge is -2.24. The van der Waals surface area contributed by atoms with Crippen LogP contribution in [0.4, 0.5) is 5.13 Å². The first-order valence-electron chi connectivity index (χ1n) is 9.89. The summed E-state index contributed by atoms with van der Waals surface area (Å²) >= 11 is 2.29. The van der Waals surface area contributed by atoms with Crippen molar-refractivity contribution in [2.75, 3.05) is 11.5 Å². The molecule has 1 amide bonds. The minimum Gasteiger partial charge on any atom is -0.503 e. The van der Waals surface area contributed by atoms with Gasteiger partial charge in [-0.2, -0.15) is 0 Å². The van der Waals surface area contributed by atoms with E-state index in [0.29, 0.717) is 33.4 Å². The van der Waals surface area contributed by atoms with Crippen molar-refractivity contribution in [2.45, 2.75) is 26.8 Å². The Hall–Kier alpha value is -3.30. The molecule has 7 nitrogen and oxygen atoms in total. The van der Waals surface area contributed by atoms with E-state index in [2.05, 4.69) is 4.98 Å². The summed E-state index contributed by atoms with van der Waals surface area (Å²) in [5.41, 5.74) is 1.05. The van der Waals surface area contributed by atoms with Crippen molar-refractivity contribution < 1.29 is 24.2 Å². The fourth-order valence-corrected chi connectivity index (χ4v) is 5.31. The second-order valence-electron chi connectivity index (χ2n) is 7.12. The highest BCUT2D eigenvalue weighted by Crippen LogP contribution is 2.44. The van der Waals surface area contributed by atoms with E-state index in [0.717, 1.165) is 11.3 Å². The van der Waals surface area contributed by atoms with Gasteiger partial charge in [-0.1, -0.05) is 29.5 Å². The van der Waals surface area contributed by atoms with Gasteiger partial charge >= 0.3 is 0 Å². The molecule has 3 heterocycles. The largest absolute Gasteiger partial charge is 0.503 e. The SMILES string of the molecule is CCOc1cccc(C2C(C(=O)c3cccs3)=C(O)C(=O)N2c2nc(C)c(C(C)=O)s2)c1. The Kier molecular flexibility index (Phi) is 5.94. The van der Waals surface area contributed by atoms with Gasteiger partial charge in [0.1, 0.15) is 5.75 Å². The van der Waals surface area contributed by atoms with Crippen molar-refractivity contribution >= 4 is 45.3 Å². The molecule has 3 aromatic rings. The molecule has 1 aliphatic rings. The zero-order valence-electron chi connectivity index (χ0n) is 17.6. The number of hydrogen-bond donors (Lipinski definition) is 1. The third-order valence-corrected chi connectivity index (χ3v) is 7.12. The molecule has 9 heteroatoms. The molecule has 0 aliphatic carbocycles. The number of ether oxygens (including phenoxy) is 1. The van der Waals surface area contributed by atoms with Crippen LogP contribution in [0.3, 0.4) is 0 Å². The van der Waals surface area contributed by atoms with Crippen LogP contribution in [0, 0.1) is 6.92 Å². The number of ketones is 2. The Morgan fingerprint density at radius 3 is 2.66 bits per heavy atom. The summed E-state index contributed by atoms with van der Waals surface area (Å²) in [5, 5.41) is 12.8. The Morgan fingerprint density at radius 2 is 2.03 bits per heavy atom. The van der Waals surface area contributed by atoms with Crippen molar-refractivity contribution in [3.63, 3.8) is 0 Å². The number of anilines is 1. The van der Waals surface area contributed by atoms with Crippen molar-refractivity contribution in [3.8, 4) is 5.75 Å². The average molecular weight is 469 g/mol. The summed E-state index contributed by atoms with van der Waals surface area (Å²) in [6.45, 7) is 5.43. The number of Topliss-reactive ketones (excluding diaryl/α,β-unsaturated/α-hetero) is 2. The third kappa shape index (κ3) is 3.74. The molecule has 1 aliphatic heterocycles. The van der Waals surface area contributed by atoms with Crippen LogP contribution in [-0.2, 0) is 4.79 Å². The van der Waals surface area contributed by atoms with Crippen LogP contribution in [0.15, 0.2) is 53.1 Å². The molecule has 1 unspecified atom stereocenters. The molecule has 32 heavy (non-hydrogen) atoms. The Bertz CT molecular complexity index is 1240. The number of amides is 1. The van der Waals surface area contributed by atoms with E-state index in [1.807, 2.05) is 6.92 Å². The van der Waals surface area contributed by atoms with Gasteiger partial charge in [0, 0.05) is 6.92 Å². The van der Waals surface area contributed by atoms with Crippen LogP contribution < -0.4 is 9.64 Å². The summed E-state index contributed by atoms with van der Waals surface area (Å²) in [7, 11) is 0. The maximum atomic E-state index is 13.3. The number of carbonyl (C=O) groups excluding carboxylic acids is 3. The maximum absolute atomic E-state index is 13.3. The minimum atomic E-state index is -0.914. The van der Waals surface area contributed by atoms with E-state index in [1.54, 1.807) is 48.7 Å². The zero-order valence-corrected chi connectivity index (χ0v) is 19.3. The molecule has 1 N–H and O–H groups in total. The van der Waals surface area contributed by atoms with Gasteiger partial charge in [0.25, 0.3) is 5.91 Å². The van der Waals surface area contributed by atoms with Crippen LogP contribution in [0.25, 0.3) is 0 Å². The highest BCUT2D eigenvalue weighted by Gasteiger charge is 2.46. The van der Waals surface area contributed by atoms with Gasteiger partial charge in [0.05, 0.1) is 33.7 Å². The van der Waals surface area contributed by atoms with E-state index in [-0.39, 0.29) is 16.5 Å². The summed E-state index contributed by atoms with van der Waals surface area (Å²) in [6, 6.07) is 9.51. The van der Waals surface area contributed by atoms with Gasteiger partial charge in [0.15, 0.2) is 16.7 Å². The quantitative estimate of drug-likeness (QED) is 0.496. The first-order chi connectivity index (χ1) is 15.3. The number of aliphatic hydroxyl groups excluding tert-OH is 1. The van der Waals surface area contributed by atoms with Crippen molar-refractivity contribution in [1.29, 1.82) is 0 Å². The molecule has 2 aromatic heterocycles. The van der Waals surface area contributed by atoms with Crippen LogP contribution in [0.2, 0.25) is 0 Å². The van der Waals surface area contributed by atoms with Crippen LogP contribution >= 0.6 is 22.7 Å². The van der Waals surface area contributed by atoms with E-state index >= 15 is 0 Å². The van der Waals surface area contributed by atoms with E-state index in [9.17, 15) is 19.5 Å². The topological polar surface area (TPSA) is 96.8 Å². The summed E-state index contributed by atoms with van der Waals surface area (Å²) in [6.07, 6.45) is 0. The number of rotatable bonds is 7. The molecule has 4 rings (SSSR count). The standard InChI is InChI=1S/C23H20N2O5S2/c1-4-30-15-8-5-7-14(11-15)18-17(19(27)16-9-6-10-31-16)20(28)22(29)25(18)23-24-12(2)21(32-23)13(3)26/h5-11,18,28H,4H2,1-3H3.